The van der Waals surface area contributed by atoms with E-state index in [1.807, 2.05) is 71.0 Å². The summed E-state index contributed by atoms with van der Waals surface area (Å²) in [6.45, 7) is 11.6. The number of rotatable bonds is 8. The van der Waals surface area contributed by atoms with Crippen molar-refractivity contribution in [2.75, 3.05) is 31.4 Å². The summed E-state index contributed by atoms with van der Waals surface area (Å²) in [6.07, 6.45) is 9.89. The molecule has 30 heavy (non-hydrogen) atoms. The molecule has 5 nitrogen and oxygen atoms in total. The lowest BCUT2D eigenvalue weighted by atomic mass is 10.2. The van der Waals surface area contributed by atoms with Crippen LogP contribution in [0.25, 0.3) is 10.2 Å². The molecule has 0 aliphatic rings. The standard InChI is InChI=1S/C17H20N4OS.C4H7Cl.C2H6/c1-5-6-7-21(11-18)10-15(22)16-9-13-14(20(3)4)8-12(2)19-17(13)23-16;1-2-3-4-5;1-2/h5-9,11,18H,1,10H2,2-4H3;2-3H,4H2,1H3;1-2H3/b7-6+,18-11?;3-2-;. The van der Waals surface area contributed by atoms with Gasteiger partial charge < -0.3 is 9.80 Å². The lowest BCUT2D eigenvalue weighted by Crippen LogP contribution is -2.22. The minimum atomic E-state index is -0.0347. The Labute approximate surface area is 189 Å². The van der Waals surface area contributed by atoms with Crippen LogP contribution >= 0.6 is 22.9 Å². The van der Waals surface area contributed by atoms with Gasteiger partial charge >= 0.3 is 0 Å². The Morgan fingerprint density at radius 3 is 2.47 bits per heavy atom. The van der Waals surface area contributed by atoms with Gasteiger partial charge in [0, 0.05) is 42.9 Å². The second-order valence-corrected chi connectivity index (χ2v) is 7.37. The van der Waals surface area contributed by atoms with E-state index in [0.717, 1.165) is 27.9 Å². The first-order valence-electron chi connectivity index (χ1n) is 9.72. The molecule has 2 aromatic heterocycles. The molecular weight excluding hydrogens is 416 g/mol. The van der Waals surface area contributed by atoms with E-state index in [0.29, 0.717) is 10.8 Å². The van der Waals surface area contributed by atoms with Gasteiger partial charge in [-0.15, -0.1) is 22.9 Å². The smallest absolute Gasteiger partial charge is 0.192 e. The Kier molecular flexibility index (Phi) is 14.2. The molecule has 0 bridgehead atoms. The number of carbonyl (C=O) groups excluding carboxylic acids is 1. The highest BCUT2D eigenvalue weighted by atomic mass is 35.5. The first-order valence-corrected chi connectivity index (χ1v) is 11.1. The van der Waals surface area contributed by atoms with Crippen molar-refractivity contribution in [3.63, 3.8) is 0 Å². The summed E-state index contributed by atoms with van der Waals surface area (Å²) in [7, 11) is 3.95. The molecule has 0 fully saturated rings. The zero-order chi connectivity index (χ0) is 23.1. The molecule has 2 aromatic rings. The number of thiophene rings is 1. The number of Topliss-reactive ketones (excluding diaryl/α,β-unsaturated/α-hetero) is 1. The predicted octanol–water partition coefficient (Wildman–Crippen LogP) is 6.29. The highest BCUT2D eigenvalue weighted by Crippen LogP contribution is 2.32. The summed E-state index contributed by atoms with van der Waals surface area (Å²) in [5.41, 5.74) is 1.98. The minimum absolute atomic E-state index is 0.0347. The highest BCUT2D eigenvalue weighted by molar-refractivity contribution is 7.20. The lowest BCUT2D eigenvalue weighted by Gasteiger charge is -2.14. The minimum Gasteiger partial charge on any atom is -0.377 e. The van der Waals surface area contributed by atoms with Gasteiger partial charge in [-0.05, 0) is 32.1 Å². The molecule has 0 aliphatic carbocycles. The van der Waals surface area contributed by atoms with Crippen molar-refractivity contribution in [3.8, 4) is 0 Å². The van der Waals surface area contributed by atoms with E-state index in [1.54, 1.807) is 18.4 Å². The van der Waals surface area contributed by atoms with Crippen molar-refractivity contribution in [2.45, 2.75) is 27.7 Å². The molecule has 0 spiro atoms. The average Bonchev–Trinajstić information content (AvgIpc) is 3.16. The third-order valence-corrected chi connectivity index (χ3v) is 4.85. The van der Waals surface area contributed by atoms with Crippen molar-refractivity contribution < 1.29 is 4.79 Å². The molecule has 7 heteroatoms. The van der Waals surface area contributed by atoms with E-state index < -0.39 is 0 Å². The first-order chi connectivity index (χ1) is 14.4. The molecule has 0 aromatic carbocycles. The number of fused-ring (bicyclic) bond motifs is 1. The number of hydrogen-bond donors (Lipinski definition) is 1. The van der Waals surface area contributed by atoms with Gasteiger partial charge in [0.25, 0.3) is 0 Å². The largest absolute Gasteiger partial charge is 0.377 e. The maximum Gasteiger partial charge on any atom is 0.192 e. The fourth-order valence-corrected chi connectivity index (χ4v) is 3.47. The Morgan fingerprint density at radius 1 is 1.33 bits per heavy atom. The van der Waals surface area contributed by atoms with Crippen LogP contribution in [0.15, 0.2) is 49.2 Å². The van der Waals surface area contributed by atoms with Crippen LogP contribution in [0.5, 0.6) is 0 Å². The van der Waals surface area contributed by atoms with Gasteiger partial charge in [-0.1, -0.05) is 38.7 Å². The summed E-state index contributed by atoms with van der Waals surface area (Å²) >= 11 is 6.61. The van der Waals surface area contributed by atoms with Crippen molar-refractivity contribution in [1.82, 2.24) is 9.88 Å². The summed E-state index contributed by atoms with van der Waals surface area (Å²) in [5.74, 6) is 0.601. The summed E-state index contributed by atoms with van der Waals surface area (Å²) in [5, 5.41) is 8.35. The van der Waals surface area contributed by atoms with Gasteiger partial charge in [0.2, 0.25) is 0 Å². The van der Waals surface area contributed by atoms with Gasteiger partial charge in [-0.2, -0.15) is 0 Å². The SMILES string of the molecule is C/C=C\CCl.C=C/C=C/N(C=N)CC(=O)c1cc2c(N(C)C)cc(C)nc2s1.CC. The third-order valence-electron chi connectivity index (χ3n) is 3.60. The fraction of sp³-hybridized carbons (Fsp3) is 0.348. The number of carbonyl (C=O) groups is 1. The van der Waals surface area contributed by atoms with Crippen LogP contribution < -0.4 is 4.90 Å². The molecule has 2 rings (SSSR count). The van der Waals surface area contributed by atoms with Gasteiger partial charge in [0.1, 0.15) is 4.83 Å². The molecule has 1 N–H and O–H groups in total. The van der Waals surface area contributed by atoms with E-state index in [-0.39, 0.29) is 12.3 Å². The second kappa shape index (κ2) is 15.4. The number of aromatic nitrogens is 1. The molecule has 0 radical (unpaired) electrons. The number of allylic oxidation sites excluding steroid dienone is 4. The van der Waals surface area contributed by atoms with Gasteiger partial charge in [0.05, 0.1) is 17.8 Å². The number of aryl methyl sites for hydroxylation is 1. The lowest BCUT2D eigenvalue weighted by molar-refractivity contribution is 0.0979. The average molecular weight is 449 g/mol. The molecule has 0 atom stereocenters. The summed E-state index contributed by atoms with van der Waals surface area (Å²) in [6, 6.07) is 3.91. The van der Waals surface area contributed by atoms with Crippen molar-refractivity contribution in [1.29, 1.82) is 5.41 Å². The fourth-order valence-electron chi connectivity index (χ4n) is 2.27. The number of halogens is 1. The Morgan fingerprint density at radius 2 is 2.00 bits per heavy atom. The maximum atomic E-state index is 12.5. The van der Waals surface area contributed by atoms with Crippen LogP contribution in [0, 0.1) is 12.3 Å². The number of anilines is 1. The maximum absolute atomic E-state index is 12.5. The monoisotopic (exact) mass is 448 g/mol. The molecule has 0 aliphatic heterocycles. The van der Waals surface area contributed by atoms with Gasteiger partial charge in [0.15, 0.2) is 5.78 Å². The summed E-state index contributed by atoms with van der Waals surface area (Å²) < 4.78 is 0. The van der Waals surface area contributed by atoms with Crippen LogP contribution in [0.2, 0.25) is 0 Å². The molecular formula is C23H33ClN4OS. The van der Waals surface area contributed by atoms with E-state index in [1.165, 1.54) is 16.2 Å². The Bertz CT molecular complexity index is 871. The molecule has 0 saturated carbocycles. The quantitative estimate of drug-likeness (QED) is 0.129. The summed E-state index contributed by atoms with van der Waals surface area (Å²) in [4.78, 5) is 22.1. The van der Waals surface area contributed by atoms with Crippen molar-refractivity contribution in [3.05, 3.63) is 59.8 Å². The van der Waals surface area contributed by atoms with Gasteiger partial charge in [-0.25, -0.2) is 4.98 Å². The first kappa shape index (κ1) is 27.6. The van der Waals surface area contributed by atoms with E-state index in [4.69, 9.17) is 17.0 Å². The Hall–Kier alpha value is -2.44. The van der Waals surface area contributed by atoms with Crippen molar-refractivity contribution in [2.24, 2.45) is 0 Å². The van der Waals surface area contributed by atoms with Crippen molar-refractivity contribution >= 4 is 51.0 Å². The normalized spacial score (nSPS) is 10.2. The van der Waals surface area contributed by atoms with E-state index in [2.05, 4.69) is 11.6 Å². The number of pyridine rings is 1. The molecule has 0 saturated heterocycles. The predicted molar refractivity (Wildman–Crippen MR) is 135 cm³/mol. The highest BCUT2D eigenvalue weighted by Gasteiger charge is 2.16. The number of alkyl halides is 1. The van der Waals surface area contributed by atoms with E-state index >= 15 is 0 Å². The molecule has 2 heterocycles. The molecule has 0 unspecified atom stereocenters. The van der Waals surface area contributed by atoms with Crippen LogP contribution in [0.3, 0.4) is 0 Å². The topological polar surface area (TPSA) is 60.3 Å². The van der Waals surface area contributed by atoms with Crippen LogP contribution in [0.1, 0.15) is 36.1 Å². The van der Waals surface area contributed by atoms with Crippen LogP contribution in [0.4, 0.5) is 5.69 Å². The zero-order valence-electron chi connectivity index (χ0n) is 18.8. The molecule has 164 valence electrons. The Balaban J connectivity index is 0.00000105. The van der Waals surface area contributed by atoms with Gasteiger partial charge in [-0.3, -0.25) is 10.2 Å². The number of hydrogen-bond acceptors (Lipinski definition) is 5. The number of nitrogens with zero attached hydrogens (tertiary/aromatic N) is 3. The van der Waals surface area contributed by atoms with Crippen LogP contribution in [-0.4, -0.2) is 48.5 Å². The zero-order valence-corrected chi connectivity index (χ0v) is 20.3. The van der Waals surface area contributed by atoms with Crippen LogP contribution in [-0.2, 0) is 0 Å². The third kappa shape index (κ3) is 8.93. The molecule has 0 amide bonds. The number of nitrogens with one attached hydrogen (secondary N) is 1. The number of ketones is 1. The second-order valence-electron chi connectivity index (χ2n) is 6.03. The van der Waals surface area contributed by atoms with E-state index in [9.17, 15) is 4.79 Å².